The van der Waals surface area contributed by atoms with Gasteiger partial charge in [0.05, 0.1) is 12.0 Å². The maximum absolute atomic E-state index is 13.4. The van der Waals surface area contributed by atoms with E-state index in [1.165, 1.54) is 11.1 Å². The molecule has 0 aliphatic heterocycles. The zero-order valence-electron chi connectivity index (χ0n) is 14.7. The molecule has 7 rings (SSSR count). The standard InChI is InChI=1S/C21H24O4/c1-21-9-16(25-2)18-12-5-4-11-7-10(12)3-6-13(18)15(21)8-14(19(21)22)17(11)20(23)24/h4-5,7,13-18H,3,6,8-9H2,1-2H3,(H,23,24)/t13?,14-,15?,16+,17?,18?,21+/m1/s1. The number of benzene rings is 1. The molecule has 1 aromatic rings. The normalized spacial score (nSPS) is 43.7. The highest BCUT2D eigenvalue weighted by Crippen LogP contribution is 2.63. The Morgan fingerprint density at radius 1 is 1.36 bits per heavy atom. The summed E-state index contributed by atoms with van der Waals surface area (Å²) in [7, 11) is 1.75. The van der Waals surface area contributed by atoms with Crippen LogP contribution in [0.4, 0.5) is 0 Å². The molecule has 0 aromatic heterocycles. The fourth-order valence-electron chi connectivity index (χ4n) is 6.78. The van der Waals surface area contributed by atoms with E-state index in [9.17, 15) is 14.7 Å². The Morgan fingerprint density at radius 3 is 2.88 bits per heavy atom. The van der Waals surface area contributed by atoms with Crippen LogP contribution in [0.5, 0.6) is 0 Å². The highest BCUT2D eigenvalue weighted by molar-refractivity contribution is 5.95. The van der Waals surface area contributed by atoms with Crippen molar-refractivity contribution in [1.82, 2.24) is 0 Å². The zero-order valence-corrected chi connectivity index (χ0v) is 14.7. The molecule has 1 N–H and O–H groups in total. The van der Waals surface area contributed by atoms with E-state index in [-0.39, 0.29) is 17.8 Å². The molecule has 132 valence electrons. The quantitative estimate of drug-likeness (QED) is 0.898. The molecular weight excluding hydrogens is 316 g/mol. The molecule has 6 aliphatic rings. The van der Waals surface area contributed by atoms with Gasteiger partial charge in [0.15, 0.2) is 0 Å². The third kappa shape index (κ3) is 1.81. The fraction of sp³-hybridized carbons (Fsp3) is 0.619. The van der Waals surface area contributed by atoms with Crippen molar-refractivity contribution >= 4 is 11.8 Å². The highest BCUT2D eigenvalue weighted by Gasteiger charge is 2.63. The van der Waals surface area contributed by atoms with E-state index in [1.807, 2.05) is 6.07 Å². The molecule has 0 spiro atoms. The van der Waals surface area contributed by atoms with E-state index in [4.69, 9.17) is 4.74 Å². The highest BCUT2D eigenvalue weighted by atomic mass is 16.5. The Kier molecular flexibility index (Phi) is 3.08. The number of methoxy groups -OCH3 is 1. The van der Waals surface area contributed by atoms with Gasteiger partial charge in [0, 0.05) is 24.4 Å². The van der Waals surface area contributed by atoms with Crippen LogP contribution < -0.4 is 0 Å². The van der Waals surface area contributed by atoms with Gasteiger partial charge in [0.1, 0.15) is 5.78 Å². The second kappa shape index (κ2) is 4.94. The number of aliphatic carboxylic acids is 1. The maximum atomic E-state index is 13.4. The van der Waals surface area contributed by atoms with Crippen LogP contribution in [0.1, 0.15) is 54.7 Å². The topological polar surface area (TPSA) is 63.6 Å². The summed E-state index contributed by atoms with van der Waals surface area (Å²) in [5.41, 5.74) is 2.96. The van der Waals surface area contributed by atoms with Crippen LogP contribution in [0.25, 0.3) is 0 Å². The van der Waals surface area contributed by atoms with Crippen molar-refractivity contribution in [2.45, 2.75) is 50.5 Å². The van der Waals surface area contributed by atoms with Crippen molar-refractivity contribution in [2.24, 2.45) is 23.2 Å². The van der Waals surface area contributed by atoms with Gasteiger partial charge in [-0.3, -0.25) is 9.59 Å². The van der Waals surface area contributed by atoms with Gasteiger partial charge < -0.3 is 9.84 Å². The first kappa shape index (κ1) is 15.6. The van der Waals surface area contributed by atoms with Crippen molar-refractivity contribution in [3.63, 3.8) is 0 Å². The molecule has 0 radical (unpaired) electrons. The molecule has 1 aromatic carbocycles. The van der Waals surface area contributed by atoms with E-state index in [0.29, 0.717) is 11.8 Å². The minimum atomic E-state index is -0.864. The molecule has 4 unspecified atom stereocenters. The summed E-state index contributed by atoms with van der Waals surface area (Å²) in [6, 6.07) is 6.15. The Balaban J connectivity index is 1.80. The zero-order chi connectivity index (χ0) is 17.5. The number of fused-ring (bicyclic) bond motifs is 2. The summed E-state index contributed by atoms with van der Waals surface area (Å²) >= 11 is 0. The summed E-state index contributed by atoms with van der Waals surface area (Å²) in [5.74, 6) is -0.775. The van der Waals surface area contributed by atoms with E-state index in [0.717, 1.165) is 31.2 Å². The summed E-state index contributed by atoms with van der Waals surface area (Å²) in [5, 5.41) is 9.93. The third-order valence-corrected chi connectivity index (χ3v) is 7.83. The van der Waals surface area contributed by atoms with Gasteiger partial charge in [-0.15, -0.1) is 0 Å². The predicted molar refractivity (Wildman–Crippen MR) is 91.5 cm³/mol. The van der Waals surface area contributed by atoms with E-state index >= 15 is 0 Å². The molecule has 0 saturated heterocycles. The lowest BCUT2D eigenvalue weighted by Gasteiger charge is -2.51. The lowest BCUT2D eigenvalue weighted by atomic mass is 9.54. The molecule has 25 heavy (non-hydrogen) atoms. The molecule has 7 bridgehead atoms. The predicted octanol–water partition coefficient (Wildman–Crippen LogP) is 3.14. The first-order valence-corrected chi connectivity index (χ1v) is 9.38. The number of rotatable bonds is 2. The number of carboxylic acid groups (broad SMARTS) is 1. The van der Waals surface area contributed by atoms with Crippen LogP contribution in [0.2, 0.25) is 0 Å². The Bertz CT molecular complexity index is 784. The smallest absolute Gasteiger partial charge is 0.311 e. The van der Waals surface area contributed by atoms with Gasteiger partial charge in [0.25, 0.3) is 0 Å². The molecule has 0 amide bonds. The summed E-state index contributed by atoms with van der Waals surface area (Å²) < 4.78 is 5.90. The summed E-state index contributed by atoms with van der Waals surface area (Å²) in [6.45, 7) is 2.08. The summed E-state index contributed by atoms with van der Waals surface area (Å²) in [6.07, 6.45) is 3.55. The van der Waals surface area contributed by atoms with Crippen molar-refractivity contribution in [2.75, 3.05) is 7.11 Å². The third-order valence-electron chi connectivity index (χ3n) is 7.83. The largest absolute Gasteiger partial charge is 0.481 e. The van der Waals surface area contributed by atoms with Crippen molar-refractivity contribution in [3.05, 3.63) is 34.9 Å². The first-order chi connectivity index (χ1) is 12.0. The number of ketones is 1. The molecule has 4 nitrogen and oxygen atoms in total. The SMILES string of the molecule is CO[C@H]1C[C@]2(C)C(=O)[C@@H]3CC2C2CCc4cc(ccc4C21)C3C(=O)O. The first-order valence-electron chi connectivity index (χ1n) is 9.38. The molecule has 2 saturated carbocycles. The van der Waals surface area contributed by atoms with Gasteiger partial charge in [-0.2, -0.15) is 0 Å². The average Bonchev–Trinajstić information content (AvgIpc) is 2.84. The van der Waals surface area contributed by atoms with Crippen molar-refractivity contribution in [1.29, 1.82) is 0 Å². The number of ether oxygens (including phenoxy) is 1. The summed E-state index contributed by atoms with van der Waals surface area (Å²) in [4.78, 5) is 25.5. The minimum absolute atomic E-state index is 0.0419. The number of carbonyl (C=O) groups excluding carboxylic acids is 1. The van der Waals surface area contributed by atoms with Crippen LogP contribution in [0.3, 0.4) is 0 Å². The van der Waals surface area contributed by atoms with Gasteiger partial charge in [-0.05, 0) is 54.2 Å². The Hall–Kier alpha value is -1.68. The van der Waals surface area contributed by atoms with E-state index in [1.54, 1.807) is 7.11 Å². The molecule has 0 heterocycles. The van der Waals surface area contributed by atoms with Crippen molar-refractivity contribution < 1.29 is 19.4 Å². The van der Waals surface area contributed by atoms with Crippen LogP contribution in [-0.2, 0) is 20.7 Å². The minimum Gasteiger partial charge on any atom is -0.481 e. The number of hydrogen-bond acceptors (Lipinski definition) is 3. The molecule has 7 atom stereocenters. The Morgan fingerprint density at radius 2 is 2.16 bits per heavy atom. The van der Waals surface area contributed by atoms with E-state index < -0.39 is 23.2 Å². The molecule has 6 aliphatic carbocycles. The second-order valence-electron chi connectivity index (χ2n) is 8.71. The molecular formula is C21H24O4. The number of carboxylic acids is 1. The molecule has 4 heteroatoms. The number of Topliss-reactive ketones (excluding diaryl/α,β-unsaturated/α-hetero) is 1. The van der Waals surface area contributed by atoms with Crippen LogP contribution in [-0.4, -0.2) is 30.1 Å². The Labute approximate surface area is 147 Å². The van der Waals surface area contributed by atoms with Crippen LogP contribution in [0, 0.1) is 23.2 Å². The number of aryl methyl sites for hydroxylation is 1. The van der Waals surface area contributed by atoms with Crippen molar-refractivity contribution in [3.8, 4) is 0 Å². The van der Waals surface area contributed by atoms with Gasteiger partial charge in [0.2, 0.25) is 0 Å². The monoisotopic (exact) mass is 340 g/mol. The average molecular weight is 340 g/mol. The van der Waals surface area contributed by atoms with Crippen LogP contribution in [0.15, 0.2) is 18.2 Å². The van der Waals surface area contributed by atoms with Gasteiger partial charge >= 0.3 is 5.97 Å². The number of hydrogen-bond donors (Lipinski definition) is 1. The lowest BCUT2D eigenvalue weighted by Crippen LogP contribution is -2.49. The lowest BCUT2D eigenvalue weighted by molar-refractivity contribution is -0.145. The fourth-order valence-corrected chi connectivity index (χ4v) is 6.78. The molecule has 2 fully saturated rings. The maximum Gasteiger partial charge on any atom is 0.311 e. The van der Waals surface area contributed by atoms with Gasteiger partial charge in [-0.1, -0.05) is 25.1 Å². The van der Waals surface area contributed by atoms with Crippen LogP contribution >= 0.6 is 0 Å². The van der Waals surface area contributed by atoms with E-state index in [2.05, 4.69) is 19.1 Å². The second-order valence-corrected chi connectivity index (χ2v) is 8.71. The van der Waals surface area contributed by atoms with Gasteiger partial charge in [-0.25, -0.2) is 0 Å². The number of carbonyl (C=O) groups is 2.